The lowest BCUT2D eigenvalue weighted by Crippen LogP contribution is -2.05. The second kappa shape index (κ2) is 30.4. The van der Waals surface area contributed by atoms with Crippen LogP contribution in [0.3, 0.4) is 0 Å². The van der Waals surface area contributed by atoms with Gasteiger partial charge < -0.3 is 0 Å². The third-order valence-corrected chi connectivity index (χ3v) is 7.05. The van der Waals surface area contributed by atoms with E-state index in [9.17, 15) is 9.59 Å². The topological polar surface area (TPSA) is 34.1 Å². The van der Waals surface area contributed by atoms with Gasteiger partial charge in [0.15, 0.2) is 0 Å². The molecule has 2 heteroatoms. The van der Waals surface area contributed by atoms with Crippen LogP contribution in [0.15, 0.2) is 0 Å². The lowest BCUT2D eigenvalue weighted by atomic mass is 9.99. The van der Waals surface area contributed by atoms with Crippen molar-refractivity contribution in [3.05, 3.63) is 0 Å². The maximum Gasteiger partial charge on any atom is 0.132 e. The van der Waals surface area contributed by atoms with Crippen LogP contribution in [0.4, 0.5) is 0 Å². The van der Waals surface area contributed by atoms with Crippen molar-refractivity contribution in [2.45, 2.75) is 189 Å². The van der Waals surface area contributed by atoms with Gasteiger partial charge in [-0.2, -0.15) is 0 Å². The molecule has 0 saturated heterocycles. The van der Waals surface area contributed by atoms with E-state index in [-0.39, 0.29) is 5.92 Å². The first kappa shape index (κ1) is 35.5. The first-order chi connectivity index (χ1) is 16.5. The summed E-state index contributed by atoms with van der Waals surface area (Å²) < 4.78 is 0. The average Bonchev–Trinajstić information content (AvgIpc) is 2.82. The van der Waals surface area contributed by atoms with Crippen molar-refractivity contribution < 1.29 is 9.59 Å². The van der Waals surface area contributed by atoms with E-state index in [4.69, 9.17) is 0 Å². The summed E-state index contributed by atoms with van der Waals surface area (Å²) in [4.78, 5) is 22.7. The summed E-state index contributed by atoms with van der Waals surface area (Å²) in [5.41, 5.74) is 0. The molecule has 34 heavy (non-hydrogen) atoms. The minimum atomic E-state index is 0.283. The van der Waals surface area contributed by atoms with E-state index >= 15 is 0 Å². The molecular weight excluding hydrogens is 416 g/mol. The van der Waals surface area contributed by atoms with E-state index in [1.54, 1.807) is 6.92 Å². The third-order valence-electron chi connectivity index (χ3n) is 7.05. The number of rotatable bonds is 25. The predicted octanol–water partition coefficient (Wildman–Crippen LogP) is 11.2. The first-order valence-corrected chi connectivity index (χ1v) is 15.5. The van der Waals surface area contributed by atoms with Crippen LogP contribution in [0, 0.1) is 5.92 Å². The van der Waals surface area contributed by atoms with Crippen LogP contribution in [-0.2, 0) is 9.59 Å². The van der Waals surface area contributed by atoms with Gasteiger partial charge in [0.1, 0.15) is 11.6 Å². The molecule has 2 nitrogen and oxygen atoms in total. The van der Waals surface area contributed by atoms with E-state index in [2.05, 4.69) is 20.8 Å². The molecule has 0 aliphatic carbocycles. The fraction of sp³-hybridized carbons (Fsp3) is 0.938. The molecule has 0 bridgehead atoms. The molecule has 0 aromatic heterocycles. The van der Waals surface area contributed by atoms with E-state index in [0.29, 0.717) is 11.6 Å². The van der Waals surface area contributed by atoms with Gasteiger partial charge in [-0.05, 0) is 26.2 Å². The Balaban J connectivity index is 0. The van der Waals surface area contributed by atoms with Crippen LogP contribution >= 0.6 is 0 Å². The van der Waals surface area contributed by atoms with Crippen molar-refractivity contribution in [1.29, 1.82) is 0 Å². The number of Topliss-reactive ketones (excluding diaryl/α,β-unsaturated/α-hetero) is 2. The van der Waals surface area contributed by atoms with Gasteiger partial charge in [-0.15, -0.1) is 0 Å². The van der Waals surface area contributed by atoms with Crippen molar-refractivity contribution in [3.8, 4) is 0 Å². The van der Waals surface area contributed by atoms with E-state index in [0.717, 1.165) is 32.1 Å². The SMILES string of the molecule is CCCCCCCCCC(=O)CCCCCCCCC.CCCCCCCCCC(C)C(C)=O. The summed E-state index contributed by atoms with van der Waals surface area (Å²) in [6, 6.07) is 0. The van der Waals surface area contributed by atoms with Gasteiger partial charge in [-0.1, -0.05) is 150 Å². The molecule has 1 unspecified atom stereocenters. The van der Waals surface area contributed by atoms with Crippen LogP contribution in [0.25, 0.3) is 0 Å². The fourth-order valence-electron chi connectivity index (χ4n) is 4.29. The largest absolute Gasteiger partial charge is 0.300 e. The molecule has 0 heterocycles. The van der Waals surface area contributed by atoms with E-state index < -0.39 is 0 Å². The highest BCUT2D eigenvalue weighted by Crippen LogP contribution is 2.14. The smallest absolute Gasteiger partial charge is 0.132 e. The number of carbonyl (C=O) groups excluding carboxylic acids is 2. The van der Waals surface area contributed by atoms with Gasteiger partial charge in [-0.25, -0.2) is 0 Å². The maximum absolute atomic E-state index is 11.7. The predicted molar refractivity (Wildman–Crippen MR) is 153 cm³/mol. The maximum atomic E-state index is 11.7. The Morgan fingerprint density at radius 1 is 0.471 bits per heavy atom. The lowest BCUT2D eigenvalue weighted by molar-refractivity contribution is -0.120. The quantitative estimate of drug-likeness (QED) is 0.122. The highest BCUT2D eigenvalue weighted by Gasteiger charge is 2.06. The second-order valence-electron chi connectivity index (χ2n) is 10.7. The van der Waals surface area contributed by atoms with Crippen molar-refractivity contribution in [1.82, 2.24) is 0 Å². The standard InChI is InChI=1S/C19H38O.C13H26O/c1-3-5-7-9-11-13-15-17-19(20)18-16-14-12-10-8-6-4-2;1-4-5-6-7-8-9-10-11-12(2)13(3)14/h3-18H2,1-2H3;12H,4-11H2,1-3H3. The zero-order valence-corrected chi connectivity index (χ0v) is 24.4. The van der Waals surface area contributed by atoms with Gasteiger partial charge in [0, 0.05) is 18.8 Å². The molecule has 0 aromatic rings. The number of hydrogen-bond acceptors (Lipinski definition) is 2. The number of ketones is 2. The Kier molecular flexibility index (Phi) is 31.7. The summed E-state index contributed by atoms with van der Waals surface area (Å²) in [6.07, 6.45) is 30.4. The van der Waals surface area contributed by atoms with E-state index in [1.807, 2.05) is 6.92 Å². The highest BCUT2D eigenvalue weighted by atomic mass is 16.1. The molecule has 0 aliphatic heterocycles. The summed E-state index contributed by atoms with van der Waals surface area (Å²) >= 11 is 0. The van der Waals surface area contributed by atoms with Crippen LogP contribution in [-0.4, -0.2) is 11.6 Å². The lowest BCUT2D eigenvalue weighted by Gasteiger charge is -2.06. The zero-order valence-electron chi connectivity index (χ0n) is 24.4. The number of carbonyl (C=O) groups is 2. The molecule has 0 fully saturated rings. The Bertz CT molecular complexity index is 395. The molecule has 0 radical (unpaired) electrons. The van der Waals surface area contributed by atoms with Crippen LogP contribution in [0.5, 0.6) is 0 Å². The third kappa shape index (κ3) is 31.3. The molecule has 0 saturated carbocycles. The molecule has 0 spiro atoms. The van der Waals surface area contributed by atoms with Gasteiger partial charge in [0.05, 0.1) is 0 Å². The molecule has 1 atom stereocenters. The molecular formula is C32H64O2. The number of unbranched alkanes of at least 4 members (excludes halogenated alkanes) is 18. The van der Waals surface area contributed by atoms with Crippen LogP contribution in [0.2, 0.25) is 0 Å². The Labute approximate surface area is 215 Å². The van der Waals surface area contributed by atoms with Crippen molar-refractivity contribution >= 4 is 11.6 Å². The molecule has 0 N–H and O–H groups in total. The van der Waals surface area contributed by atoms with Gasteiger partial charge in [0.25, 0.3) is 0 Å². The molecule has 204 valence electrons. The summed E-state index contributed by atoms with van der Waals surface area (Å²) in [7, 11) is 0. The van der Waals surface area contributed by atoms with Gasteiger partial charge in [0.2, 0.25) is 0 Å². The van der Waals surface area contributed by atoms with Crippen LogP contribution < -0.4 is 0 Å². The summed E-state index contributed by atoms with van der Waals surface area (Å²) in [5.74, 6) is 1.13. The number of hydrogen-bond donors (Lipinski definition) is 0. The average molecular weight is 481 g/mol. The van der Waals surface area contributed by atoms with Gasteiger partial charge >= 0.3 is 0 Å². The minimum Gasteiger partial charge on any atom is -0.300 e. The monoisotopic (exact) mass is 480 g/mol. The molecule has 0 aromatic carbocycles. The molecule has 0 rings (SSSR count). The van der Waals surface area contributed by atoms with Crippen LogP contribution in [0.1, 0.15) is 189 Å². The minimum absolute atomic E-state index is 0.283. The molecule has 0 amide bonds. The van der Waals surface area contributed by atoms with Crippen molar-refractivity contribution in [2.24, 2.45) is 5.92 Å². The molecule has 0 aliphatic rings. The van der Waals surface area contributed by atoms with Crippen molar-refractivity contribution in [3.63, 3.8) is 0 Å². The Morgan fingerprint density at radius 2 is 0.765 bits per heavy atom. The Hall–Kier alpha value is -0.660. The van der Waals surface area contributed by atoms with Crippen molar-refractivity contribution in [2.75, 3.05) is 0 Å². The van der Waals surface area contributed by atoms with E-state index in [1.165, 1.54) is 122 Å². The zero-order chi connectivity index (χ0) is 25.7. The fourth-order valence-corrected chi connectivity index (χ4v) is 4.29. The highest BCUT2D eigenvalue weighted by molar-refractivity contribution is 5.78. The summed E-state index contributed by atoms with van der Waals surface area (Å²) in [6.45, 7) is 10.5. The van der Waals surface area contributed by atoms with Gasteiger partial charge in [-0.3, -0.25) is 9.59 Å². The Morgan fingerprint density at radius 3 is 1.09 bits per heavy atom. The first-order valence-electron chi connectivity index (χ1n) is 15.5. The normalized spacial score (nSPS) is 11.7. The second-order valence-corrected chi connectivity index (χ2v) is 10.7. The summed E-state index contributed by atoms with van der Waals surface area (Å²) in [5, 5.41) is 0.